The maximum absolute atomic E-state index is 12.7. The van der Waals surface area contributed by atoms with E-state index in [1.807, 2.05) is 6.07 Å². The van der Waals surface area contributed by atoms with Gasteiger partial charge in [-0.25, -0.2) is 0 Å². The van der Waals surface area contributed by atoms with E-state index in [0.29, 0.717) is 18.3 Å². The molecule has 0 atom stereocenters. The Kier molecular flexibility index (Phi) is 6.18. The van der Waals surface area contributed by atoms with Gasteiger partial charge in [0, 0.05) is 34.9 Å². The van der Waals surface area contributed by atoms with Crippen molar-refractivity contribution < 1.29 is 9.53 Å². The molecule has 2 heterocycles. The summed E-state index contributed by atoms with van der Waals surface area (Å²) in [6.07, 6.45) is 11.5. The molecule has 4 nitrogen and oxygen atoms in total. The largest absolute Gasteiger partial charge is 0.381 e. The van der Waals surface area contributed by atoms with Gasteiger partial charge in [-0.15, -0.1) is 0 Å². The van der Waals surface area contributed by atoms with Crippen LogP contribution in [0.2, 0.25) is 0 Å². The Morgan fingerprint density at radius 2 is 1.93 bits per heavy atom. The predicted molar refractivity (Wildman–Crippen MR) is 113 cm³/mol. The number of nitrogens with one attached hydrogen (secondary N) is 1. The van der Waals surface area contributed by atoms with E-state index in [-0.39, 0.29) is 5.91 Å². The lowest BCUT2D eigenvalue weighted by molar-refractivity contribution is -0.117. The summed E-state index contributed by atoms with van der Waals surface area (Å²) in [5.74, 6) is 1.37. The number of ether oxygens (including phenoxy) is 1. The van der Waals surface area contributed by atoms with Gasteiger partial charge >= 0.3 is 0 Å². The van der Waals surface area contributed by atoms with Crippen LogP contribution in [0.4, 0.5) is 5.69 Å². The van der Waals surface area contributed by atoms with E-state index < -0.39 is 0 Å². The van der Waals surface area contributed by atoms with Crippen molar-refractivity contribution in [1.29, 1.82) is 0 Å². The molecule has 4 rings (SSSR count). The number of amides is 1. The van der Waals surface area contributed by atoms with Gasteiger partial charge in [0.15, 0.2) is 0 Å². The Hall–Kier alpha value is -1.33. The number of hydrogen-bond donors (Lipinski definition) is 1. The highest BCUT2D eigenvalue weighted by molar-refractivity contribution is 9.10. The number of hydrogen-bond acceptors (Lipinski definition) is 2. The Bertz CT molecular complexity index is 789. The van der Waals surface area contributed by atoms with Crippen LogP contribution in [0, 0.1) is 11.8 Å². The van der Waals surface area contributed by atoms with Crippen molar-refractivity contribution in [1.82, 2.24) is 4.57 Å². The monoisotopic (exact) mass is 432 g/mol. The molecule has 2 aliphatic rings. The number of aromatic nitrogens is 1. The van der Waals surface area contributed by atoms with Crippen molar-refractivity contribution in [3.05, 3.63) is 28.9 Å². The van der Waals surface area contributed by atoms with Crippen molar-refractivity contribution in [3.8, 4) is 0 Å². The summed E-state index contributed by atoms with van der Waals surface area (Å²) in [7, 11) is 0. The SMILES string of the molecule is O=C(CC1CCCCCC1)Nc1cn(CCC2COC2)c2cccc(Br)c12. The van der Waals surface area contributed by atoms with Gasteiger partial charge < -0.3 is 14.6 Å². The highest BCUT2D eigenvalue weighted by Crippen LogP contribution is 2.34. The summed E-state index contributed by atoms with van der Waals surface area (Å²) in [5, 5.41) is 4.32. The highest BCUT2D eigenvalue weighted by Gasteiger charge is 2.21. The zero-order valence-corrected chi connectivity index (χ0v) is 17.5. The van der Waals surface area contributed by atoms with Crippen LogP contribution >= 0.6 is 15.9 Å². The first-order valence-electron chi connectivity index (χ1n) is 10.4. The van der Waals surface area contributed by atoms with Crippen molar-refractivity contribution in [2.75, 3.05) is 18.5 Å². The molecule has 1 aliphatic carbocycles. The molecule has 2 fully saturated rings. The molecule has 146 valence electrons. The number of halogens is 1. The first kappa shape index (κ1) is 19.0. The lowest BCUT2D eigenvalue weighted by Gasteiger charge is -2.26. The average molecular weight is 433 g/mol. The Morgan fingerprint density at radius 1 is 1.15 bits per heavy atom. The summed E-state index contributed by atoms with van der Waals surface area (Å²) >= 11 is 3.68. The van der Waals surface area contributed by atoms with E-state index in [0.717, 1.165) is 41.7 Å². The standard InChI is InChI=1S/C22H29BrN2O2/c23-18-8-5-9-20-22(18)19(13-25(20)11-10-17-14-27-15-17)24-21(26)12-16-6-3-1-2-4-7-16/h5,8-9,13,16-17H,1-4,6-7,10-12,14-15H2,(H,24,26). The van der Waals surface area contributed by atoms with Crippen LogP contribution in [0.15, 0.2) is 28.9 Å². The van der Waals surface area contributed by atoms with E-state index in [2.05, 4.69) is 44.1 Å². The molecule has 0 unspecified atom stereocenters. The molecule has 1 aromatic heterocycles. The molecule has 0 radical (unpaired) electrons. The third-order valence-electron chi connectivity index (χ3n) is 6.06. The molecule has 1 aromatic carbocycles. The smallest absolute Gasteiger partial charge is 0.224 e. The molecular formula is C22H29BrN2O2. The van der Waals surface area contributed by atoms with Crippen molar-refractivity contribution >= 4 is 38.4 Å². The van der Waals surface area contributed by atoms with Gasteiger partial charge in [-0.3, -0.25) is 4.79 Å². The average Bonchev–Trinajstić information content (AvgIpc) is 2.77. The van der Waals surface area contributed by atoms with Gasteiger partial charge in [-0.2, -0.15) is 0 Å². The summed E-state index contributed by atoms with van der Waals surface area (Å²) in [5.41, 5.74) is 2.11. The summed E-state index contributed by atoms with van der Waals surface area (Å²) in [6.45, 7) is 2.72. The van der Waals surface area contributed by atoms with Crippen molar-refractivity contribution in [3.63, 3.8) is 0 Å². The second-order valence-corrected chi connectivity index (χ2v) is 9.03. The lowest BCUT2D eigenvalue weighted by atomic mass is 9.96. The minimum Gasteiger partial charge on any atom is -0.381 e. The maximum atomic E-state index is 12.7. The molecule has 5 heteroatoms. The quantitative estimate of drug-likeness (QED) is 0.591. The normalized spacial score (nSPS) is 19.0. The topological polar surface area (TPSA) is 43.3 Å². The minimum atomic E-state index is 0.157. The number of carbonyl (C=O) groups is 1. The maximum Gasteiger partial charge on any atom is 0.224 e. The zero-order valence-electron chi connectivity index (χ0n) is 15.9. The number of aryl methyl sites for hydroxylation is 1. The number of carbonyl (C=O) groups excluding carboxylic acids is 1. The molecule has 27 heavy (non-hydrogen) atoms. The van der Waals surface area contributed by atoms with Gasteiger partial charge in [0.2, 0.25) is 5.91 Å². The van der Waals surface area contributed by atoms with E-state index >= 15 is 0 Å². The Morgan fingerprint density at radius 3 is 2.63 bits per heavy atom. The van der Waals surface area contributed by atoms with E-state index in [1.54, 1.807) is 0 Å². The lowest BCUT2D eigenvalue weighted by Crippen LogP contribution is -2.28. The summed E-state index contributed by atoms with van der Waals surface area (Å²) < 4.78 is 8.61. The van der Waals surface area contributed by atoms with Crippen molar-refractivity contribution in [2.24, 2.45) is 11.8 Å². The molecule has 1 saturated carbocycles. The number of rotatable bonds is 6. The predicted octanol–water partition coefficient (Wildman–Crippen LogP) is 5.74. The van der Waals surface area contributed by atoms with Crippen molar-refractivity contribution in [2.45, 2.75) is 57.9 Å². The Labute approximate surface area is 169 Å². The van der Waals surface area contributed by atoms with Crippen LogP contribution in [-0.4, -0.2) is 23.7 Å². The summed E-state index contributed by atoms with van der Waals surface area (Å²) in [6, 6.07) is 6.25. The van der Waals surface area contributed by atoms with E-state index in [4.69, 9.17) is 4.74 Å². The van der Waals surface area contributed by atoms with Crippen LogP contribution < -0.4 is 5.32 Å². The van der Waals surface area contributed by atoms with Gasteiger partial charge in [-0.05, 0) is 37.3 Å². The second-order valence-electron chi connectivity index (χ2n) is 8.17. The molecule has 1 saturated heterocycles. The minimum absolute atomic E-state index is 0.157. The Balaban J connectivity index is 1.48. The second kappa shape index (κ2) is 8.78. The first-order valence-corrected chi connectivity index (χ1v) is 11.1. The molecule has 1 amide bonds. The zero-order chi connectivity index (χ0) is 18.6. The fraction of sp³-hybridized carbons (Fsp3) is 0.591. The fourth-order valence-corrected chi connectivity index (χ4v) is 4.96. The van der Waals surface area contributed by atoms with Crippen LogP contribution in [0.3, 0.4) is 0 Å². The number of nitrogens with zero attached hydrogens (tertiary/aromatic N) is 1. The number of anilines is 1. The van der Waals surface area contributed by atoms with Crippen LogP contribution in [0.25, 0.3) is 10.9 Å². The highest BCUT2D eigenvalue weighted by atomic mass is 79.9. The van der Waals surface area contributed by atoms with Gasteiger partial charge in [0.05, 0.1) is 24.4 Å². The van der Waals surface area contributed by atoms with Crippen LogP contribution in [-0.2, 0) is 16.1 Å². The molecular weight excluding hydrogens is 404 g/mol. The molecule has 2 aromatic rings. The third-order valence-corrected chi connectivity index (χ3v) is 6.72. The van der Waals surface area contributed by atoms with Crippen LogP contribution in [0.1, 0.15) is 51.4 Å². The molecule has 0 bridgehead atoms. The van der Waals surface area contributed by atoms with Gasteiger partial charge in [0.1, 0.15) is 0 Å². The molecule has 1 N–H and O–H groups in total. The van der Waals surface area contributed by atoms with Gasteiger partial charge in [-0.1, -0.05) is 47.7 Å². The third kappa shape index (κ3) is 4.57. The first-order chi connectivity index (χ1) is 13.2. The molecule has 1 aliphatic heterocycles. The molecule has 0 spiro atoms. The number of benzene rings is 1. The van der Waals surface area contributed by atoms with Gasteiger partial charge in [0.25, 0.3) is 0 Å². The van der Waals surface area contributed by atoms with E-state index in [9.17, 15) is 4.79 Å². The van der Waals surface area contributed by atoms with Crippen LogP contribution in [0.5, 0.6) is 0 Å². The summed E-state index contributed by atoms with van der Waals surface area (Å²) in [4.78, 5) is 12.7. The fourth-order valence-electron chi connectivity index (χ4n) is 4.39. The number of fused-ring (bicyclic) bond motifs is 1. The van der Waals surface area contributed by atoms with E-state index in [1.165, 1.54) is 44.0 Å².